The average molecular weight is 250 g/mol. The normalized spacial score (nSPS) is 12.0. The zero-order valence-electron chi connectivity index (χ0n) is 11.3. The van der Waals surface area contributed by atoms with Gasteiger partial charge in [-0.1, -0.05) is 6.92 Å². The first kappa shape index (κ1) is 14.5. The van der Waals surface area contributed by atoms with Crippen LogP contribution in [0.5, 0.6) is 0 Å². The summed E-state index contributed by atoms with van der Waals surface area (Å²) in [5.74, 6) is -0.152. The van der Waals surface area contributed by atoms with Crippen LogP contribution in [-0.2, 0) is 0 Å². The fraction of sp³-hybridized carbons (Fsp3) is 0.500. The van der Waals surface area contributed by atoms with E-state index in [0.717, 1.165) is 18.7 Å². The van der Waals surface area contributed by atoms with E-state index < -0.39 is 6.10 Å². The van der Waals surface area contributed by atoms with Crippen LogP contribution in [-0.4, -0.2) is 37.3 Å². The molecule has 1 aromatic rings. The Hall–Kier alpha value is -1.55. The molecule has 1 amide bonds. The van der Waals surface area contributed by atoms with E-state index in [1.807, 2.05) is 19.2 Å². The summed E-state index contributed by atoms with van der Waals surface area (Å²) in [7, 11) is 2.03. The molecule has 0 aliphatic rings. The number of rotatable bonds is 6. The van der Waals surface area contributed by atoms with Gasteiger partial charge < -0.3 is 15.3 Å². The molecule has 0 heterocycles. The molecule has 2 N–H and O–H groups in total. The van der Waals surface area contributed by atoms with Crippen molar-refractivity contribution in [3.05, 3.63) is 29.8 Å². The zero-order valence-corrected chi connectivity index (χ0v) is 11.3. The third-order valence-electron chi connectivity index (χ3n) is 2.69. The number of anilines is 1. The molecule has 1 rings (SSSR count). The van der Waals surface area contributed by atoms with E-state index in [9.17, 15) is 4.79 Å². The molecule has 0 aliphatic carbocycles. The van der Waals surface area contributed by atoms with Gasteiger partial charge in [-0.15, -0.1) is 0 Å². The largest absolute Gasteiger partial charge is 0.392 e. The summed E-state index contributed by atoms with van der Waals surface area (Å²) < 4.78 is 0. The van der Waals surface area contributed by atoms with E-state index in [2.05, 4.69) is 17.1 Å². The number of benzene rings is 1. The SMILES string of the molecule is CCCN(C)c1ccc(C(=O)NCC(C)O)cc1. The number of nitrogens with one attached hydrogen (secondary N) is 1. The maximum atomic E-state index is 11.7. The van der Waals surface area contributed by atoms with Crippen molar-refractivity contribution in [2.75, 3.05) is 25.0 Å². The molecule has 18 heavy (non-hydrogen) atoms. The molecule has 0 spiro atoms. The van der Waals surface area contributed by atoms with Crippen molar-refractivity contribution in [1.29, 1.82) is 0 Å². The Labute approximate surface area is 109 Å². The van der Waals surface area contributed by atoms with E-state index in [0.29, 0.717) is 5.56 Å². The fourth-order valence-electron chi connectivity index (χ4n) is 1.67. The average Bonchev–Trinajstić information content (AvgIpc) is 2.36. The topological polar surface area (TPSA) is 52.6 Å². The first-order chi connectivity index (χ1) is 8.54. The predicted molar refractivity (Wildman–Crippen MR) is 74.0 cm³/mol. The molecule has 0 aromatic heterocycles. The molecule has 0 saturated heterocycles. The summed E-state index contributed by atoms with van der Waals surface area (Å²) in [5, 5.41) is 11.8. The van der Waals surface area contributed by atoms with E-state index in [1.165, 1.54) is 0 Å². The minimum atomic E-state index is -0.524. The van der Waals surface area contributed by atoms with Gasteiger partial charge >= 0.3 is 0 Å². The molecule has 0 fully saturated rings. The summed E-state index contributed by atoms with van der Waals surface area (Å²) in [6, 6.07) is 7.48. The van der Waals surface area contributed by atoms with Gasteiger partial charge in [0.25, 0.3) is 5.91 Å². The van der Waals surface area contributed by atoms with Crippen molar-refractivity contribution in [1.82, 2.24) is 5.32 Å². The Bertz CT molecular complexity index is 374. The highest BCUT2D eigenvalue weighted by atomic mass is 16.3. The van der Waals surface area contributed by atoms with Crippen molar-refractivity contribution in [3.63, 3.8) is 0 Å². The van der Waals surface area contributed by atoms with Crippen LogP contribution in [0.2, 0.25) is 0 Å². The van der Waals surface area contributed by atoms with Gasteiger partial charge in [0.2, 0.25) is 0 Å². The zero-order chi connectivity index (χ0) is 13.5. The first-order valence-corrected chi connectivity index (χ1v) is 6.32. The molecule has 4 heteroatoms. The lowest BCUT2D eigenvalue weighted by atomic mass is 10.2. The van der Waals surface area contributed by atoms with E-state index in [-0.39, 0.29) is 12.5 Å². The highest BCUT2D eigenvalue weighted by Gasteiger charge is 2.07. The molecule has 0 bridgehead atoms. The number of aliphatic hydroxyl groups excluding tert-OH is 1. The Morgan fingerprint density at radius 3 is 2.50 bits per heavy atom. The van der Waals surface area contributed by atoms with Crippen molar-refractivity contribution in [3.8, 4) is 0 Å². The number of hydrogen-bond donors (Lipinski definition) is 2. The summed E-state index contributed by atoms with van der Waals surface area (Å²) in [4.78, 5) is 13.9. The Balaban J connectivity index is 2.62. The second-order valence-corrected chi connectivity index (χ2v) is 4.53. The van der Waals surface area contributed by atoms with Crippen LogP contribution in [0.15, 0.2) is 24.3 Å². The first-order valence-electron chi connectivity index (χ1n) is 6.32. The minimum absolute atomic E-state index is 0.152. The van der Waals surface area contributed by atoms with Crippen molar-refractivity contribution >= 4 is 11.6 Å². The second kappa shape index (κ2) is 7.01. The Morgan fingerprint density at radius 2 is 2.00 bits per heavy atom. The fourth-order valence-corrected chi connectivity index (χ4v) is 1.67. The summed E-state index contributed by atoms with van der Waals surface area (Å²) in [5.41, 5.74) is 1.72. The molecule has 1 atom stereocenters. The van der Waals surface area contributed by atoms with Crippen molar-refractivity contribution in [2.45, 2.75) is 26.4 Å². The number of carbonyl (C=O) groups is 1. The molecule has 0 aliphatic heterocycles. The van der Waals surface area contributed by atoms with Gasteiger partial charge in [-0.25, -0.2) is 0 Å². The van der Waals surface area contributed by atoms with Gasteiger partial charge in [-0.05, 0) is 37.6 Å². The molecule has 1 unspecified atom stereocenters. The molecule has 1 aromatic carbocycles. The number of amides is 1. The van der Waals surface area contributed by atoms with Crippen molar-refractivity contribution < 1.29 is 9.90 Å². The van der Waals surface area contributed by atoms with Gasteiger partial charge in [-0.2, -0.15) is 0 Å². The third-order valence-corrected chi connectivity index (χ3v) is 2.69. The standard InChI is InChI=1S/C14H22N2O2/c1-4-9-16(3)13-7-5-12(6-8-13)14(18)15-10-11(2)17/h5-8,11,17H,4,9-10H2,1-3H3,(H,15,18). The van der Waals surface area contributed by atoms with Gasteiger partial charge in [0.05, 0.1) is 6.10 Å². The van der Waals surface area contributed by atoms with Gasteiger partial charge in [0.1, 0.15) is 0 Å². The number of nitrogens with zero attached hydrogens (tertiary/aromatic N) is 1. The minimum Gasteiger partial charge on any atom is -0.392 e. The molecule has 0 radical (unpaired) electrons. The Kier molecular flexibility index (Phi) is 5.65. The van der Waals surface area contributed by atoms with Crippen LogP contribution in [0, 0.1) is 0 Å². The summed E-state index contributed by atoms with van der Waals surface area (Å²) >= 11 is 0. The van der Waals surface area contributed by atoms with Crippen LogP contribution >= 0.6 is 0 Å². The smallest absolute Gasteiger partial charge is 0.251 e. The quantitative estimate of drug-likeness (QED) is 0.807. The van der Waals surface area contributed by atoms with Gasteiger partial charge in [0.15, 0.2) is 0 Å². The molecular weight excluding hydrogens is 228 g/mol. The number of carbonyl (C=O) groups excluding carboxylic acids is 1. The van der Waals surface area contributed by atoms with Gasteiger partial charge in [-0.3, -0.25) is 4.79 Å². The highest BCUT2D eigenvalue weighted by molar-refractivity contribution is 5.94. The van der Waals surface area contributed by atoms with Crippen LogP contribution in [0.4, 0.5) is 5.69 Å². The molecule has 0 saturated carbocycles. The van der Waals surface area contributed by atoms with Gasteiger partial charge in [0, 0.05) is 31.4 Å². The number of aliphatic hydroxyl groups is 1. The lowest BCUT2D eigenvalue weighted by Gasteiger charge is -2.18. The van der Waals surface area contributed by atoms with Crippen molar-refractivity contribution in [2.24, 2.45) is 0 Å². The van der Waals surface area contributed by atoms with E-state index >= 15 is 0 Å². The Morgan fingerprint density at radius 1 is 1.39 bits per heavy atom. The molecule has 100 valence electrons. The van der Waals surface area contributed by atoms with E-state index in [4.69, 9.17) is 5.11 Å². The lowest BCUT2D eigenvalue weighted by Crippen LogP contribution is -2.30. The third kappa shape index (κ3) is 4.37. The van der Waals surface area contributed by atoms with E-state index in [1.54, 1.807) is 19.1 Å². The van der Waals surface area contributed by atoms with Crippen LogP contribution in [0.1, 0.15) is 30.6 Å². The second-order valence-electron chi connectivity index (χ2n) is 4.53. The van der Waals surface area contributed by atoms with Crippen LogP contribution in [0.3, 0.4) is 0 Å². The highest BCUT2D eigenvalue weighted by Crippen LogP contribution is 2.13. The summed E-state index contributed by atoms with van der Waals surface area (Å²) in [6.45, 7) is 5.04. The summed E-state index contributed by atoms with van der Waals surface area (Å²) in [6.07, 6.45) is 0.566. The predicted octanol–water partition coefficient (Wildman–Crippen LogP) is 1.64. The molecule has 4 nitrogen and oxygen atoms in total. The monoisotopic (exact) mass is 250 g/mol. The molecular formula is C14H22N2O2. The number of hydrogen-bond acceptors (Lipinski definition) is 3. The maximum absolute atomic E-state index is 11.7. The maximum Gasteiger partial charge on any atom is 0.251 e. The van der Waals surface area contributed by atoms with Crippen LogP contribution in [0.25, 0.3) is 0 Å². The lowest BCUT2D eigenvalue weighted by molar-refractivity contribution is 0.0924. The van der Waals surface area contributed by atoms with Crippen LogP contribution < -0.4 is 10.2 Å².